The molecule has 3 nitrogen and oxygen atoms in total. The van der Waals surface area contributed by atoms with E-state index in [1.54, 1.807) is 0 Å². The van der Waals surface area contributed by atoms with Crippen LogP contribution in [0, 0.1) is 0 Å². The molecule has 0 saturated carbocycles. The van der Waals surface area contributed by atoms with Crippen LogP contribution in [0.25, 0.3) is 0 Å². The predicted molar refractivity (Wildman–Crippen MR) is 37.5 cm³/mol. The van der Waals surface area contributed by atoms with E-state index >= 15 is 0 Å². The first-order valence-electron chi connectivity index (χ1n) is 3.34. The number of hydrogen-bond acceptors (Lipinski definition) is 3. The van der Waals surface area contributed by atoms with Crippen LogP contribution in [0.2, 0.25) is 0 Å². The lowest BCUT2D eigenvalue weighted by molar-refractivity contribution is 0.00987. The van der Waals surface area contributed by atoms with Crippen molar-refractivity contribution in [3.8, 4) is 0 Å². The zero-order valence-electron chi connectivity index (χ0n) is 6.46. The standard InChI is InChI=1S/C7H8F2N2O/c1-7(8,9)6-5(4-12)10-2-3-11-6/h2-3,12H,4H2,1H3. The highest BCUT2D eigenvalue weighted by Crippen LogP contribution is 2.26. The molecule has 0 aliphatic carbocycles. The van der Waals surface area contributed by atoms with Crippen LogP contribution in [0.4, 0.5) is 8.78 Å². The van der Waals surface area contributed by atoms with Crippen molar-refractivity contribution in [2.45, 2.75) is 19.5 Å². The summed E-state index contributed by atoms with van der Waals surface area (Å²) in [6.07, 6.45) is 2.44. The lowest BCUT2D eigenvalue weighted by Crippen LogP contribution is -2.14. The summed E-state index contributed by atoms with van der Waals surface area (Å²) >= 11 is 0. The molecule has 0 saturated heterocycles. The Hall–Kier alpha value is -1.10. The maximum atomic E-state index is 12.7. The molecule has 0 atom stereocenters. The van der Waals surface area contributed by atoms with E-state index < -0.39 is 18.2 Å². The van der Waals surface area contributed by atoms with Crippen LogP contribution in [0.3, 0.4) is 0 Å². The Labute approximate surface area is 68.1 Å². The quantitative estimate of drug-likeness (QED) is 0.729. The smallest absolute Gasteiger partial charge is 0.288 e. The van der Waals surface area contributed by atoms with E-state index in [1.807, 2.05) is 0 Å². The number of aliphatic hydroxyl groups excluding tert-OH is 1. The fraction of sp³-hybridized carbons (Fsp3) is 0.429. The second kappa shape index (κ2) is 3.10. The molecular formula is C7H8F2N2O. The van der Waals surface area contributed by atoms with Crippen molar-refractivity contribution in [3.05, 3.63) is 23.8 Å². The molecule has 1 heterocycles. The van der Waals surface area contributed by atoms with E-state index in [-0.39, 0.29) is 5.69 Å². The fourth-order valence-electron chi connectivity index (χ4n) is 0.849. The summed E-state index contributed by atoms with van der Waals surface area (Å²) in [5, 5.41) is 8.65. The average Bonchev–Trinajstić information content (AvgIpc) is 2.03. The van der Waals surface area contributed by atoms with Crippen LogP contribution in [-0.2, 0) is 12.5 Å². The van der Waals surface area contributed by atoms with Gasteiger partial charge in [-0.15, -0.1) is 0 Å². The van der Waals surface area contributed by atoms with Crippen LogP contribution in [-0.4, -0.2) is 15.1 Å². The van der Waals surface area contributed by atoms with Gasteiger partial charge in [0.15, 0.2) is 0 Å². The number of alkyl halides is 2. The van der Waals surface area contributed by atoms with Gasteiger partial charge >= 0.3 is 0 Å². The van der Waals surface area contributed by atoms with Crippen molar-refractivity contribution in [1.82, 2.24) is 9.97 Å². The van der Waals surface area contributed by atoms with E-state index in [0.29, 0.717) is 0 Å². The monoisotopic (exact) mass is 174 g/mol. The van der Waals surface area contributed by atoms with Crippen molar-refractivity contribution in [3.63, 3.8) is 0 Å². The molecule has 1 rings (SSSR count). The summed E-state index contributed by atoms with van der Waals surface area (Å²) in [4.78, 5) is 7.02. The van der Waals surface area contributed by atoms with E-state index in [4.69, 9.17) is 5.11 Å². The molecule has 0 fully saturated rings. The Morgan fingerprint density at radius 3 is 2.42 bits per heavy atom. The van der Waals surface area contributed by atoms with E-state index in [1.165, 1.54) is 12.4 Å². The summed E-state index contributed by atoms with van der Waals surface area (Å²) in [7, 11) is 0. The fourth-order valence-corrected chi connectivity index (χ4v) is 0.849. The minimum absolute atomic E-state index is 0.0787. The first kappa shape index (κ1) is 8.99. The third kappa shape index (κ3) is 1.73. The molecule has 5 heteroatoms. The van der Waals surface area contributed by atoms with Crippen molar-refractivity contribution in [1.29, 1.82) is 0 Å². The highest BCUT2D eigenvalue weighted by Gasteiger charge is 2.29. The molecule has 1 N–H and O–H groups in total. The molecule has 0 aromatic carbocycles. The van der Waals surface area contributed by atoms with Gasteiger partial charge in [0.1, 0.15) is 5.69 Å². The zero-order chi connectivity index (χ0) is 9.19. The second-order valence-electron chi connectivity index (χ2n) is 2.40. The number of aromatic nitrogens is 2. The lowest BCUT2D eigenvalue weighted by atomic mass is 10.2. The Bertz CT molecular complexity index is 272. The number of nitrogens with zero attached hydrogens (tertiary/aromatic N) is 2. The van der Waals surface area contributed by atoms with Crippen molar-refractivity contribution in [2.24, 2.45) is 0 Å². The molecule has 0 aliphatic rings. The molecule has 12 heavy (non-hydrogen) atoms. The molecule has 0 bridgehead atoms. The van der Waals surface area contributed by atoms with Crippen LogP contribution in [0.15, 0.2) is 12.4 Å². The SMILES string of the molecule is CC(F)(F)c1nccnc1CO. The summed E-state index contributed by atoms with van der Waals surface area (Å²) in [5.74, 6) is -3.05. The van der Waals surface area contributed by atoms with E-state index in [2.05, 4.69) is 9.97 Å². The predicted octanol–water partition coefficient (Wildman–Crippen LogP) is 1.08. The molecule has 1 aromatic heterocycles. The molecular weight excluding hydrogens is 166 g/mol. The molecule has 0 aliphatic heterocycles. The zero-order valence-corrected chi connectivity index (χ0v) is 6.46. The normalized spacial score (nSPS) is 11.7. The van der Waals surface area contributed by atoms with Gasteiger partial charge in [-0.25, -0.2) is 0 Å². The summed E-state index contributed by atoms with van der Waals surface area (Å²) < 4.78 is 25.4. The molecule has 0 radical (unpaired) electrons. The third-order valence-corrected chi connectivity index (χ3v) is 1.34. The average molecular weight is 174 g/mol. The van der Waals surface area contributed by atoms with Gasteiger partial charge in [0.05, 0.1) is 12.3 Å². The number of halogens is 2. The van der Waals surface area contributed by atoms with E-state index in [9.17, 15) is 8.78 Å². The Kier molecular flexibility index (Phi) is 2.32. The molecule has 66 valence electrons. The second-order valence-corrected chi connectivity index (χ2v) is 2.40. The topological polar surface area (TPSA) is 46.0 Å². The molecule has 0 spiro atoms. The van der Waals surface area contributed by atoms with Crippen LogP contribution in [0.1, 0.15) is 18.3 Å². The molecule has 0 unspecified atom stereocenters. The summed E-state index contributed by atoms with van der Waals surface area (Å²) in [5.41, 5.74) is -0.544. The Balaban J connectivity index is 3.14. The van der Waals surface area contributed by atoms with Gasteiger partial charge in [-0.1, -0.05) is 0 Å². The van der Waals surface area contributed by atoms with Crippen molar-refractivity contribution < 1.29 is 13.9 Å². The summed E-state index contributed by atoms with van der Waals surface area (Å²) in [6.45, 7) is 0.197. The highest BCUT2D eigenvalue weighted by molar-refractivity contribution is 5.14. The molecule has 0 amide bonds. The molecule has 1 aromatic rings. The van der Waals surface area contributed by atoms with Crippen LogP contribution in [0.5, 0.6) is 0 Å². The van der Waals surface area contributed by atoms with Gasteiger partial charge in [0.25, 0.3) is 5.92 Å². The van der Waals surface area contributed by atoms with Gasteiger partial charge in [0, 0.05) is 19.3 Å². The Morgan fingerprint density at radius 2 is 2.00 bits per heavy atom. The van der Waals surface area contributed by atoms with Gasteiger partial charge in [-0.3, -0.25) is 9.97 Å². The van der Waals surface area contributed by atoms with Crippen molar-refractivity contribution >= 4 is 0 Å². The van der Waals surface area contributed by atoms with Crippen molar-refractivity contribution in [2.75, 3.05) is 0 Å². The van der Waals surface area contributed by atoms with Crippen LogP contribution >= 0.6 is 0 Å². The van der Waals surface area contributed by atoms with Gasteiger partial charge in [0.2, 0.25) is 0 Å². The van der Waals surface area contributed by atoms with Gasteiger partial charge < -0.3 is 5.11 Å². The number of aliphatic hydroxyl groups is 1. The maximum Gasteiger partial charge on any atom is 0.288 e. The number of hydrogen-bond donors (Lipinski definition) is 1. The number of rotatable bonds is 2. The minimum atomic E-state index is -3.05. The van der Waals surface area contributed by atoms with Gasteiger partial charge in [-0.05, 0) is 0 Å². The summed E-state index contributed by atoms with van der Waals surface area (Å²) in [6, 6.07) is 0. The largest absolute Gasteiger partial charge is 0.390 e. The van der Waals surface area contributed by atoms with Gasteiger partial charge in [-0.2, -0.15) is 8.78 Å². The van der Waals surface area contributed by atoms with E-state index in [0.717, 1.165) is 6.92 Å². The first-order chi connectivity index (χ1) is 5.55. The maximum absolute atomic E-state index is 12.7. The first-order valence-corrected chi connectivity index (χ1v) is 3.34. The minimum Gasteiger partial charge on any atom is -0.390 e. The highest BCUT2D eigenvalue weighted by atomic mass is 19.3. The lowest BCUT2D eigenvalue weighted by Gasteiger charge is -2.11. The third-order valence-electron chi connectivity index (χ3n) is 1.34. The Morgan fingerprint density at radius 1 is 1.42 bits per heavy atom. The van der Waals surface area contributed by atoms with Crippen LogP contribution < -0.4 is 0 Å².